The Balaban J connectivity index is 2.39. The number of aryl methyl sites for hydroxylation is 1. The summed E-state index contributed by atoms with van der Waals surface area (Å²) in [6, 6.07) is 3.81. The molecule has 0 amide bonds. The van der Waals surface area contributed by atoms with Crippen LogP contribution in [0.5, 0.6) is 0 Å². The summed E-state index contributed by atoms with van der Waals surface area (Å²) in [7, 11) is 0. The number of halogens is 3. The Bertz CT molecular complexity index is 421. The standard InChI is InChI=1S/C12H12F3N/c1-8-3-2-4-9-7-10(12(13,14)15)5-6-11(9)16-8/h5-7,16H,1-4H2. The lowest BCUT2D eigenvalue weighted by molar-refractivity contribution is -0.137. The van der Waals surface area contributed by atoms with Gasteiger partial charge >= 0.3 is 6.18 Å². The molecule has 86 valence electrons. The molecule has 1 heterocycles. The highest BCUT2D eigenvalue weighted by Gasteiger charge is 2.31. The van der Waals surface area contributed by atoms with Crippen molar-refractivity contribution in [3.05, 3.63) is 41.6 Å². The Morgan fingerprint density at radius 1 is 1.19 bits per heavy atom. The third kappa shape index (κ3) is 2.21. The zero-order valence-electron chi connectivity index (χ0n) is 8.69. The van der Waals surface area contributed by atoms with Crippen molar-refractivity contribution in [2.24, 2.45) is 0 Å². The smallest absolute Gasteiger partial charge is 0.359 e. The van der Waals surface area contributed by atoms with Gasteiger partial charge in [-0.1, -0.05) is 6.58 Å². The van der Waals surface area contributed by atoms with Crippen LogP contribution >= 0.6 is 0 Å². The van der Waals surface area contributed by atoms with Crippen LogP contribution in [-0.2, 0) is 12.6 Å². The number of alkyl halides is 3. The third-order valence-corrected chi connectivity index (χ3v) is 2.67. The summed E-state index contributed by atoms with van der Waals surface area (Å²) >= 11 is 0. The molecule has 1 aromatic carbocycles. The quantitative estimate of drug-likeness (QED) is 0.707. The molecule has 16 heavy (non-hydrogen) atoms. The Hall–Kier alpha value is -1.45. The molecule has 0 saturated carbocycles. The molecule has 1 aliphatic heterocycles. The minimum Gasteiger partial charge on any atom is -0.359 e. The highest BCUT2D eigenvalue weighted by molar-refractivity contribution is 5.57. The van der Waals surface area contributed by atoms with Crippen LogP contribution in [0.25, 0.3) is 0 Å². The molecule has 0 aromatic heterocycles. The molecule has 0 bridgehead atoms. The van der Waals surface area contributed by atoms with Crippen molar-refractivity contribution in [2.75, 3.05) is 5.32 Å². The van der Waals surface area contributed by atoms with Gasteiger partial charge in [-0.15, -0.1) is 0 Å². The first-order chi connectivity index (χ1) is 7.47. The molecular weight excluding hydrogens is 215 g/mol. The second kappa shape index (κ2) is 3.85. The molecule has 0 spiro atoms. The van der Waals surface area contributed by atoms with Crippen LogP contribution in [0.3, 0.4) is 0 Å². The van der Waals surface area contributed by atoms with Gasteiger partial charge in [0.15, 0.2) is 0 Å². The molecule has 1 nitrogen and oxygen atoms in total. The lowest BCUT2D eigenvalue weighted by atomic mass is 10.0. The van der Waals surface area contributed by atoms with Gasteiger partial charge in [-0.25, -0.2) is 0 Å². The van der Waals surface area contributed by atoms with E-state index in [1.165, 1.54) is 12.1 Å². The van der Waals surface area contributed by atoms with Crippen LogP contribution in [0.2, 0.25) is 0 Å². The van der Waals surface area contributed by atoms with E-state index >= 15 is 0 Å². The topological polar surface area (TPSA) is 12.0 Å². The zero-order valence-corrected chi connectivity index (χ0v) is 8.69. The van der Waals surface area contributed by atoms with Crippen molar-refractivity contribution < 1.29 is 13.2 Å². The minimum atomic E-state index is -4.27. The molecule has 0 fully saturated rings. The number of benzene rings is 1. The van der Waals surface area contributed by atoms with Crippen LogP contribution < -0.4 is 5.32 Å². The first-order valence-electron chi connectivity index (χ1n) is 5.12. The monoisotopic (exact) mass is 227 g/mol. The first kappa shape index (κ1) is 11.0. The Morgan fingerprint density at radius 3 is 2.62 bits per heavy atom. The molecule has 0 saturated heterocycles. The van der Waals surface area contributed by atoms with Gasteiger partial charge in [0.05, 0.1) is 5.56 Å². The molecule has 0 atom stereocenters. The molecule has 1 aliphatic rings. The van der Waals surface area contributed by atoms with E-state index in [1.807, 2.05) is 0 Å². The highest BCUT2D eigenvalue weighted by Crippen LogP contribution is 2.33. The largest absolute Gasteiger partial charge is 0.416 e. The lowest BCUT2D eigenvalue weighted by Crippen LogP contribution is -2.06. The van der Waals surface area contributed by atoms with Gasteiger partial charge in [0.25, 0.3) is 0 Å². The zero-order chi connectivity index (χ0) is 11.8. The molecule has 1 N–H and O–H groups in total. The number of hydrogen-bond acceptors (Lipinski definition) is 1. The van der Waals surface area contributed by atoms with Crippen molar-refractivity contribution in [3.63, 3.8) is 0 Å². The molecule has 1 aromatic rings. The number of allylic oxidation sites excluding steroid dienone is 1. The van der Waals surface area contributed by atoms with Crippen LogP contribution in [0.4, 0.5) is 18.9 Å². The van der Waals surface area contributed by atoms with Gasteiger partial charge < -0.3 is 5.32 Å². The number of hydrogen-bond donors (Lipinski definition) is 1. The molecule has 0 aliphatic carbocycles. The number of nitrogens with one attached hydrogen (secondary N) is 1. The molecular formula is C12H12F3N. The molecule has 2 rings (SSSR count). The Morgan fingerprint density at radius 2 is 1.94 bits per heavy atom. The summed E-state index contributed by atoms with van der Waals surface area (Å²) in [6.45, 7) is 3.81. The summed E-state index contributed by atoms with van der Waals surface area (Å²) in [4.78, 5) is 0. The maximum absolute atomic E-state index is 12.5. The number of rotatable bonds is 0. The fraction of sp³-hybridized carbons (Fsp3) is 0.333. The fourth-order valence-corrected chi connectivity index (χ4v) is 1.84. The molecule has 0 radical (unpaired) electrons. The third-order valence-electron chi connectivity index (χ3n) is 2.67. The summed E-state index contributed by atoms with van der Waals surface area (Å²) in [5, 5.41) is 3.04. The van der Waals surface area contributed by atoms with Gasteiger partial charge in [-0.05, 0) is 43.0 Å². The summed E-state index contributed by atoms with van der Waals surface area (Å²) in [5.41, 5.74) is 1.74. The van der Waals surface area contributed by atoms with Gasteiger partial charge in [-0.2, -0.15) is 13.2 Å². The van der Waals surface area contributed by atoms with E-state index in [-0.39, 0.29) is 0 Å². The summed E-state index contributed by atoms with van der Waals surface area (Å²) in [5.74, 6) is 0. The minimum absolute atomic E-state index is 0.583. The van der Waals surface area contributed by atoms with Crippen molar-refractivity contribution in [2.45, 2.75) is 25.4 Å². The average molecular weight is 227 g/mol. The van der Waals surface area contributed by atoms with Gasteiger partial charge in [0.2, 0.25) is 0 Å². The van der Waals surface area contributed by atoms with Crippen molar-refractivity contribution in [1.29, 1.82) is 0 Å². The second-order valence-electron chi connectivity index (χ2n) is 3.95. The van der Waals surface area contributed by atoms with E-state index in [2.05, 4.69) is 11.9 Å². The lowest BCUT2D eigenvalue weighted by Gasteiger charge is -2.12. The van der Waals surface area contributed by atoms with Crippen molar-refractivity contribution in [3.8, 4) is 0 Å². The maximum atomic E-state index is 12.5. The van der Waals surface area contributed by atoms with Gasteiger partial charge in [-0.3, -0.25) is 0 Å². The van der Waals surface area contributed by atoms with E-state index in [0.717, 1.165) is 30.3 Å². The average Bonchev–Trinajstić information content (AvgIpc) is 2.35. The summed E-state index contributed by atoms with van der Waals surface area (Å²) in [6.07, 6.45) is -1.97. The van der Waals surface area contributed by atoms with E-state index in [4.69, 9.17) is 0 Å². The van der Waals surface area contributed by atoms with E-state index < -0.39 is 11.7 Å². The van der Waals surface area contributed by atoms with Crippen LogP contribution in [0.1, 0.15) is 24.0 Å². The maximum Gasteiger partial charge on any atom is 0.416 e. The Labute approximate surface area is 92.0 Å². The molecule has 0 unspecified atom stereocenters. The number of anilines is 1. The number of fused-ring (bicyclic) bond motifs is 1. The van der Waals surface area contributed by atoms with Gasteiger partial charge in [0, 0.05) is 11.4 Å². The molecule has 4 heteroatoms. The van der Waals surface area contributed by atoms with E-state index in [0.29, 0.717) is 12.0 Å². The second-order valence-corrected chi connectivity index (χ2v) is 3.95. The van der Waals surface area contributed by atoms with Crippen LogP contribution in [0.15, 0.2) is 30.5 Å². The van der Waals surface area contributed by atoms with E-state index in [9.17, 15) is 13.2 Å². The van der Waals surface area contributed by atoms with Crippen molar-refractivity contribution >= 4 is 5.69 Å². The predicted octanol–water partition coefficient (Wildman–Crippen LogP) is 3.97. The first-order valence-corrected chi connectivity index (χ1v) is 5.12. The summed E-state index contributed by atoms with van der Waals surface area (Å²) < 4.78 is 37.5. The van der Waals surface area contributed by atoms with Gasteiger partial charge in [0.1, 0.15) is 0 Å². The Kier molecular flexibility index (Phi) is 2.66. The predicted molar refractivity (Wildman–Crippen MR) is 57.1 cm³/mol. The van der Waals surface area contributed by atoms with E-state index in [1.54, 1.807) is 0 Å². The van der Waals surface area contributed by atoms with Crippen molar-refractivity contribution in [1.82, 2.24) is 0 Å². The SMILES string of the molecule is C=C1CCCc2cc(C(F)(F)F)ccc2N1. The van der Waals surface area contributed by atoms with Crippen LogP contribution in [-0.4, -0.2) is 0 Å². The fourth-order valence-electron chi connectivity index (χ4n) is 1.84. The van der Waals surface area contributed by atoms with Crippen LogP contribution in [0, 0.1) is 0 Å². The highest BCUT2D eigenvalue weighted by atomic mass is 19.4. The normalized spacial score (nSPS) is 16.3.